The van der Waals surface area contributed by atoms with Crippen LogP contribution in [0.4, 0.5) is 0 Å². The Labute approximate surface area is 179 Å². The quantitative estimate of drug-likeness (QED) is 0.541. The Hall–Kier alpha value is -1.71. The standard InChI is InChI=1S/C22H25ClO7/c1-2-28-16-6-3-13(4-7-16)9-14-10-15(5-8-17(14)23)22-20(27)18(25)19(26)21(11-24,30-22)12-29-22/h3-8,10,18-20,24-27H,2,9,11-12H2,1H3/t18-,19-,20-,21+,22+/m1/s1. The van der Waals surface area contributed by atoms with Gasteiger partial charge in [0.25, 0.3) is 0 Å². The van der Waals surface area contributed by atoms with Gasteiger partial charge < -0.3 is 34.6 Å². The molecule has 2 aliphatic heterocycles. The lowest BCUT2D eigenvalue weighted by Crippen LogP contribution is -2.65. The molecule has 2 aromatic carbocycles. The lowest BCUT2D eigenvalue weighted by molar-refractivity contribution is -0.329. The highest BCUT2D eigenvalue weighted by molar-refractivity contribution is 6.31. The summed E-state index contributed by atoms with van der Waals surface area (Å²) in [6.07, 6.45) is -4.06. The number of hydrogen-bond acceptors (Lipinski definition) is 7. The summed E-state index contributed by atoms with van der Waals surface area (Å²) in [4.78, 5) is 0. The molecule has 0 unspecified atom stereocenters. The van der Waals surface area contributed by atoms with Crippen LogP contribution in [0.1, 0.15) is 23.6 Å². The van der Waals surface area contributed by atoms with E-state index in [1.807, 2.05) is 31.2 Å². The van der Waals surface area contributed by atoms with E-state index in [0.717, 1.165) is 16.9 Å². The van der Waals surface area contributed by atoms with Crippen molar-refractivity contribution in [2.24, 2.45) is 0 Å². The van der Waals surface area contributed by atoms with Gasteiger partial charge in [-0.2, -0.15) is 0 Å². The van der Waals surface area contributed by atoms with Crippen LogP contribution >= 0.6 is 11.6 Å². The molecular formula is C22H25ClO7. The van der Waals surface area contributed by atoms with Gasteiger partial charge in [-0.1, -0.05) is 29.8 Å². The zero-order valence-electron chi connectivity index (χ0n) is 16.5. The van der Waals surface area contributed by atoms with Crippen molar-refractivity contribution in [3.63, 3.8) is 0 Å². The van der Waals surface area contributed by atoms with E-state index in [2.05, 4.69) is 0 Å². The fraction of sp³-hybridized carbons (Fsp3) is 0.455. The predicted molar refractivity (Wildman–Crippen MR) is 108 cm³/mol. The molecular weight excluding hydrogens is 412 g/mol. The van der Waals surface area contributed by atoms with Crippen molar-refractivity contribution in [3.05, 3.63) is 64.2 Å². The molecule has 2 bridgehead atoms. The molecule has 7 nitrogen and oxygen atoms in total. The van der Waals surface area contributed by atoms with Gasteiger partial charge in [0.1, 0.15) is 29.7 Å². The topological polar surface area (TPSA) is 109 Å². The first-order valence-corrected chi connectivity index (χ1v) is 10.2. The van der Waals surface area contributed by atoms with Crippen LogP contribution in [0.25, 0.3) is 0 Å². The maximum Gasteiger partial charge on any atom is 0.225 e. The van der Waals surface area contributed by atoms with Crippen molar-refractivity contribution in [1.29, 1.82) is 0 Å². The van der Waals surface area contributed by atoms with E-state index in [9.17, 15) is 20.4 Å². The van der Waals surface area contributed by atoms with Gasteiger partial charge in [0.2, 0.25) is 5.79 Å². The summed E-state index contributed by atoms with van der Waals surface area (Å²) in [7, 11) is 0. The minimum Gasteiger partial charge on any atom is -0.494 e. The maximum atomic E-state index is 10.7. The molecule has 4 rings (SSSR count). The molecule has 2 fully saturated rings. The van der Waals surface area contributed by atoms with Crippen LogP contribution in [0.2, 0.25) is 5.02 Å². The first kappa shape index (κ1) is 21.5. The van der Waals surface area contributed by atoms with Gasteiger partial charge in [-0.15, -0.1) is 0 Å². The summed E-state index contributed by atoms with van der Waals surface area (Å²) in [6, 6.07) is 12.7. The average molecular weight is 437 g/mol. The zero-order chi connectivity index (χ0) is 21.5. The average Bonchev–Trinajstić information content (AvgIpc) is 3.14. The number of halogens is 1. The first-order valence-electron chi connectivity index (χ1n) is 9.85. The lowest BCUT2D eigenvalue weighted by atomic mass is 9.83. The molecule has 0 spiro atoms. The number of benzene rings is 2. The molecule has 2 saturated heterocycles. The number of rotatable bonds is 6. The van der Waals surface area contributed by atoms with Crippen LogP contribution in [-0.4, -0.2) is 64.2 Å². The number of hydrogen-bond donors (Lipinski definition) is 4. The van der Waals surface area contributed by atoms with Crippen LogP contribution in [0.5, 0.6) is 5.75 Å². The first-order chi connectivity index (χ1) is 14.3. The van der Waals surface area contributed by atoms with E-state index in [0.29, 0.717) is 23.6 Å². The Morgan fingerprint density at radius 2 is 1.83 bits per heavy atom. The zero-order valence-corrected chi connectivity index (χ0v) is 17.2. The molecule has 0 aliphatic carbocycles. The Balaban J connectivity index is 1.66. The Morgan fingerprint density at radius 3 is 2.50 bits per heavy atom. The van der Waals surface area contributed by atoms with Gasteiger partial charge in [0.15, 0.2) is 0 Å². The molecule has 4 N–H and O–H groups in total. The highest BCUT2D eigenvalue weighted by atomic mass is 35.5. The Bertz CT molecular complexity index is 905. The number of fused-ring (bicyclic) bond motifs is 2. The monoisotopic (exact) mass is 436 g/mol. The highest BCUT2D eigenvalue weighted by Crippen LogP contribution is 2.49. The van der Waals surface area contributed by atoms with Crippen molar-refractivity contribution < 1.29 is 34.6 Å². The van der Waals surface area contributed by atoms with Gasteiger partial charge in [-0.3, -0.25) is 0 Å². The van der Waals surface area contributed by atoms with Gasteiger partial charge in [-0.25, -0.2) is 0 Å². The summed E-state index contributed by atoms with van der Waals surface area (Å²) in [5.74, 6) is -0.925. The molecule has 2 heterocycles. The van der Waals surface area contributed by atoms with Crippen molar-refractivity contribution in [1.82, 2.24) is 0 Å². The van der Waals surface area contributed by atoms with E-state index in [4.69, 9.17) is 25.8 Å². The predicted octanol–water partition coefficient (Wildman–Crippen LogP) is 1.36. The molecule has 0 radical (unpaired) electrons. The van der Waals surface area contributed by atoms with E-state index in [1.54, 1.807) is 18.2 Å². The van der Waals surface area contributed by atoms with E-state index >= 15 is 0 Å². The van der Waals surface area contributed by atoms with Gasteiger partial charge >= 0.3 is 0 Å². The third-order valence-corrected chi connectivity index (χ3v) is 6.17. The fourth-order valence-electron chi connectivity index (χ4n) is 4.09. The number of ether oxygens (including phenoxy) is 3. The minimum atomic E-state index is -1.71. The van der Waals surface area contributed by atoms with Crippen LogP contribution in [0.3, 0.4) is 0 Å². The summed E-state index contributed by atoms with van der Waals surface area (Å²) < 4.78 is 17.1. The fourth-order valence-corrected chi connectivity index (χ4v) is 4.28. The second-order valence-electron chi connectivity index (χ2n) is 7.72. The molecule has 162 valence electrons. The van der Waals surface area contributed by atoms with Crippen molar-refractivity contribution in [2.45, 2.75) is 43.0 Å². The van der Waals surface area contributed by atoms with Crippen molar-refractivity contribution in [2.75, 3.05) is 19.8 Å². The van der Waals surface area contributed by atoms with E-state index in [-0.39, 0.29) is 6.61 Å². The lowest BCUT2D eigenvalue weighted by Gasteiger charge is -2.46. The van der Waals surface area contributed by atoms with Gasteiger partial charge in [0.05, 0.1) is 19.8 Å². The summed E-state index contributed by atoms with van der Waals surface area (Å²) >= 11 is 6.41. The Kier molecular flexibility index (Phi) is 5.80. The number of aliphatic hydroxyl groups excluding tert-OH is 4. The summed E-state index contributed by atoms with van der Waals surface area (Å²) in [5.41, 5.74) is 0.719. The largest absolute Gasteiger partial charge is 0.494 e. The van der Waals surface area contributed by atoms with Gasteiger partial charge in [0, 0.05) is 10.6 Å². The minimum absolute atomic E-state index is 0.171. The molecule has 0 amide bonds. The van der Waals surface area contributed by atoms with Crippen LogP contribution in [0, 0.1) is 0 Å². The molecule has 0 saturated carbocycles. The SMILES string of the molecule is CCOc1ccc(Cc2cc([C@]34OC[C@](CO)(O3)[C@H](O)[C@@H](O)[C@H]4O)ccc2Cl)cc1. The third kappa shape index (κ3) is 3.40. The summed E-state index contributed by atoms with van der Waals surface area (Å²) in [6.45, 7) is 1.78. The molecule has 2 aromatic rings. The van der Waals surface area contributed by atoms with Crippen LogP contribution < -0.4 is 4.74 Å². The molecule has 2 aliphatic rings. The second kappa shape index (κ2) is 8.09. The summed E-state index contributed by atoms with van der Waals surface area (Å²) in [5, 5.41) is 41.7. The molecule has 30 heavy (non-hydrogen) atoms. The van der Waals surface area contributed by atoms with E-state index in [1.165, 1.54) is 0 Å². The molecule has 5 atom stereocenters. The molecule has 8 heteroatoms. The second-order valence-corrected chi connectivity index (χ2v) is 8.13. The highest BCUT2D eigenvalue weighted by Gasteiger charge is 2.67. The van der Waals surface area contributed by atoms with Crippen molar-refractivity contribution >= 4 is 11.6 Å². The normalized spacial score (nSPS) is 32.9. The maximum absolute atomic E-state index is 10.7. The van der Waals surface area contributed by atoms with Crippen LogP contribution in [0.15, 0.2) is 42.5 Å². The van der Waals surface area contributed by atoms with E-state index < -0.39 is 36.3 Å². The van der Waals surface area contributed by atoms with Crippen molar-refractivity contribution in [3.8, 4) is 5.75 Å². The third-order valence-electron chi connectivity index (χ3n) is 5.81. The number of aliphatic hydroxyl groups is 4. The smallest absolute Gasteiger partial charge is 0.225 e. The van der Waals surface area contributed by atoms with Crippen LogP contribution in [-0.2, 0) is 21.7 Å². The molecule has 0 aromatic heterocycles. The van der Waals surface area contributed by atoms with Gasteiger partial charge in [-0.05, 0) is 48.7 Å². The Morgan fingerprint density at radius 1 is 1.10 bits per heavy atom.